The second-order valence-electron chi connectivity index (χ2n) is 4.81. The Kier molecular flexibility index (Phi) is 4.14. The van der Waals surface area contributed by atoms with E-state index < -0.39 is 18.3 Å². The van der Waals surface area contributed by atoms with Crippen molar-refractivity contribution < 1.29 is 14.8 Å². The van der Waals surface area contributed by atoms with Gasteiger partial charge >= 0.3 is 7.12 Å². The van der Waals surface area contributed by atoms with Gasteiger partial charge in [-0.25, -0.2) is 4.98 Å². The van der Waals surface area contributed by atoms with Crippen molar-refractivity contribution in [3.63, 3.8) is 0 Å². The van der Waals surface area contributed by atoms with E-state index in [1.54, 1.807) is 27.7 Å². The lowest BCUT2D eigenvalue weighted by atomic mass is 9.80. The van der Waals surface area contributed by atoms with Gasteiger partial charge in [0.1, 0.15) is 5.15 Å². The van der Waals surface area contributed by atoms with Crippen LogP contribution in [0, 0.1) is 0 Å². The molecule has 0 saturated heterocycles. The SMILES string of the molecule is CC(C)(O)C(C)(C)OB(O)c1cncc(Cl)n1. The quantitative estimate of drug-likeness (QED) is 0.764. The summed E-state index contributed by atoms with van der Waals surface area (Å²) in [6.07, 6.45) is 2.72. The van der Waals surface area contributed by atoms with Gasteiger partial charge in [0.25, 0.3) is 0 Å². The van der Waals surface area contributed by atoms with Crippen LogP contribution in [0.25, 0.3) is 0 Å². The van der Waals surface area contributed by atoms with E-state index in [1.807, 2.05) is 0 Å². The van der Waals surface area contributed by atoms with Crippen molar-refractivity contribution >= 4 is 24.3 Å². The molecule has 0 saturated carbocycles. The largest absolute Gasteiger partial charge is 0.513 e. The Morgan fingerprint density at radius 3 is 2.35 bits per heavy atom. The van der Waals surface area contributed by atoms with E-state index in [2.05, 4.69) is 9.97 Å². The molecule has 0 aromatic carbocycles. The predicted octanol–water partition coefficient (Wildman–Crippen LogP) is 0.384. The zero-order valence-electron chi connectivity index (χ0n) is 10.3. The van der Waals surface area contributed by atoms with Crippen molar-refractivity contribution in [2.45, 2.75) is 38.9 Å². The fourth-order valence-electron chi connectivity index (χ4n) is 0.959. The Hall–Kier alpha value is -0.685. The van der Waals surface area contributed by atoms with Gasteiger partial charge in [-0.1, -0.05) is 11.6 Å². The van der Waals surface area contributed by atoms with E-state index in [0.29, 0.717) is 0 Å². The standard InChI is InChI=1S/C10H16BClN2O3/c1-9(2,15)10(3,4)17-11(16)7-5-13-6-8(12)14-7/h5-6,15-16H,1-4H3. The molecule has 1 heterocycles. The summed E-state index contributed by atoms with van der Waals surface area (Å²) in [7, 11) is -1.29. The molecule has 0 aliphatic carbocycles. The fraction of sp³-hybridized carbons (Fsp3) is 0.600. The maximum atomic E-state index is 9.90. The van der Waals surface area contributed by atoms with Crippen LogP contribution in [0.1, 0.15) is 27.7 Å². The van der Waals surface area contributed by atoms with Crippen LogP contribution in [0.3, 0.4) is 0 Å². The molecule has 1 rings (SSSR count). The lowest BCUT2D eigenvalue weighted by molar-refractivity contribution is -0.0983. The third kappa shape index (κ3) is 3.64. The molecular weight excluding hydrogens is 242 g/mol. The van der Waals surface area contributed by atoms with Gasteiger partial charge in [-0.3, -0.25) is 4.98 Å². The first-order chi connectivity index (χ1) is 7.63. The lowest BCUT2D eigenvalue weighted by Gasteiger charge is -2.38. The van der Waals surface area contributed by atoms with Crippen LogP contribution < -0.4 is 5.59 Å². The van der Waals surface area contributed by atoms with Crippen molar-refractivity contribution in [1.29, 1.82) is 0 Å². The van der Waals surface area contributed by atoms with Gasteiger partial charge in [0.15, 0.2) is 0 Å². The minimum Gasteiger partial charge on any atom is -0.422 e. The van der Waals surface area contributed by atoms with E-state index in [0.717, 1.165) is 0 Å². The predicted molar refractivity (Wildman–Crippen MR) is 66.1 cm³/mol. The lowest BCUT2D eigenvalue weighted by Crippen LogP contribution is -2.53. The highest BCUT2D eigenvalue weighted by Gasteiger charge is 2.40. The Labute approximate surface area is 106 Å². The molecule has 2 N–H and O–H groups in total. The summed E-state index contributed by atoms with van der Waals surface area (Å²) in [4.78, 5) is 7.69. The van der Waals surface area contributed by atoms with Gasteiger partial charge in [-0.05, 0) is 27.7 Å². The van der Waals surface area contributed by atoms with E-state index in [-0.39, 0.29) is 10.7 Å². The highest BCUT2D eigenvalue weighted by atomic mass is 35.5. The van der Waals surface area contributed by atoms with Crippen molar-refractivity contribution in [3.8, 4) is 0 Å². The summed E-state index contributed by atoms with van der Waals surface area (Å²) >= 11 is 5.66. The van der Waals surface area contributed by atoms with Crippen molar-refractivity contribution in [2.75, 3.05) is 0 Å². The minimum absolute atomic E-state index is 0.172. The molecule has 0 aliphatic rings. The number of aliphatic hydroxyl groups is 1. The molecule has 0 radical (unpaired) electrons. The molecule has 0 amide bonds. The number of nitrogens with zero attached hydrogens (tertiary/aromatic N) is 2. The van der Waals surface area contributed by atoms with E-state index >= 15 is 0 Å². The van der Waals surface area contributed by atoms with Crippen LogP contribution in [-0.2, 0) is 4.65 Å². The third-order valence-corrected chi connectivity index (χ3v) is 2.94. The Balaban J connectivity index is 2.83. The average Bonchev–Trinajstić information content (AvgIpc) is 2.15. The Morgan fingerprint density at radius 2 is 1.88 bits per heavy atom. The molecule has 0 unspecified atom stereocenters. The molecular formula is C10H16BClN2O3. The van der Waals surface area contributed by atoms with Crippen LogP contribution in [0.4, 0.5) is 0 Å². The first-order valence-corrected chi connectivity index (χ1v) is 5.57. The second-order valence-corrected chi connectivity index (χ2v) is 5.19. The zero-order valence-corrected chi connectivity index (χ0v) is 11.1. The summed E-state index contributed by atoms with van der Waals surface area (Å²) in [5.74, 6) is 0. The van der Waals surface area contributed by atoms with Crippen molar-refractivity contribution in [2.24, 2.45) is 0 Å². The van der Waals surface area contributed by atoms with E-state index in [1.165, 1.54) is 12.4 Å². The number of rotatable bonds is 4. The van der Waals surface area contributed by atoms with Crippen LogP contribution in [0.2, 0.25) is 5.15 Å². The van der Waals surface area contributed by atoms with Gasteiger partial charge < -0.3 is 14.8 Å². The molecule has 94 valence electrons. The maximum absolute atomic E-state index is 9.90. The van der Waals surface area contributed by atoms with Crippen LogP contribution in [-0.4, -0.2) is 38.4 Å². The van der Waals surface area contributed by atoms with Crippen molar-refractivity contribution in [1.82, 2.24) is 9.97 Å². The molecule has 1 aromatic heterocycles. The number of halogens is 1. The van der Waals surface area contributed by atoms with Gasteiger partial charge in [0, 0.05) is 6.20 Å². The molecule has 7 heteroatoms. The minimum atomic E-state index is -1.29. The molecule has 0 spiro atoms. The first kappa shape index (κ1) is 14.4. The number of hydrogen-bond acceptors (Lipinski definition) is 5. The van der Waals surface area contributed by atoms with Crippen LogP contribution in [0.15, 0.2) is 12.4 Å². The molecule has 0 bridgehead atoms. The first-order valence-electron chi connectivity index (χ1n) is 5.19. The maximum Gasteiger partial charge on any atom is 0.513 e. The topological polar surface area (TPSA) is 75.5 Å². The van der Waals surface area contributed by atoms with Gasteiger partial charge in [-0.15, -0.1) is 0 Å². The summed E-state index contributed by atoms with van der Waals surface area (Å²) in [6, 6.07) is 0. The molecule has 0 fully saturated rings. The van der Waals surface area contributed by atoms with Crippen LogP contribution in [0.5, 0.6) is 0 Å². The molecule has 1 aromatic rings. The summed E-state index contributed by atoms with van der Waals surface area (Å²) < 4.78 is 5.39. The second kappa shape index (κ2) is 4.90. The summed E-state index contributed by atoms with van der Waals surface area (Å²) in [5.41, 5.74) is -1.86. The molecule has 0 aliphatic heterocycles. The Morgan fingerprint density at radius 1 is 1.29 bits per heavy atom. The third-order valence-electron chi connectivity index (χ3n) is 2.76. The molecule has 17 heavy (non-hydrogen) atoms. The Bertz CT molecular complexity index is 395. The summed E-state index contributed by atoms with van der Waals surface area (Å²) in [5, 5.41) is 19.9. The average molecular weight is 259 g/mol. The van der Waals surface area contributed by atoms with Crippen LogP contribution >= 0.6 is 11.6 Å². The number of aromatic nitrogens is 2. The monoisotopic (exact) mass is 258 g/mol. The van der Waals surface area contributed by atoms with Gasteiger partial charge in [0.05, 0.1) is 23.0 Å². The van der Waals surface area contributed by atoms with Gasteiger partial charge in [-0.2, -0.15) is 0 Å². The summed E-state index contributed by atoms with van der Waals surface area (Å²) in [6.45, 7) is 6.55. The zero-order chi connectivity index (χ0) is 13.3. The van der Waals surface area contributed by atoms with Gasteiger partial charge in [0.2, 0.25) is 0 Å². The molecule has 5 nitrogen and oxygen atoms in total. The van der Waals surface area contributed by atoms with E-state index in [9.17, 15) is 10.1 Å². The smallest absolute Gasteiger partial charge is 0.422 e. The number of hydrogen-bond donors (Lipinski definition) is 2. The van der Waals surface area contributed by atoms with E-state index in [4.69, 9.17) is 16.3 Å². The normalized spacial score (nSPS) is 12.6. The highest BCUT2D eigenvalue weighted by molar-refractivity contribution is 6.59. The molecule has 0 atom stereocenters. The highest BCUT2D eigenvalue weighted by Crippen LogP contribution is 2.25. The van der Waals surface area contributed by atoms with Crippen molar-refractivity contribution in [3.05, 3.63) is 17.5 Å². The fourth-order valence-corrected chi connectivity index (χ4v) is 1.11.